The fraction of sp³-hybridized carbons (Fsp3) is 0.444. The molecule has 1 aliphatic carbocycles. The highest BCUT2D eigenvalue weighted by Gasteiger charge is 2.24. The molecule has 0 bridgehead atoms. The average Bonchev–Trinajstić information content (AvgIpc) is 3.12. The maximum atomic E-state index is 12.4. The van der Waals surface area contributed by atoms with E-state index in [2.05, 4.69) is 41.6 Å². The molecule has 1 aliphatic rings. The summed E-state index contributed by atoms with van der Waals surface area (Å²) in [5.74, 6) is 0.314. The predicted molar refractivity (Wildman–Crippen MR) is 88.4 cm³/mol. The van der Waals surface area contributed by atoms with E-state index in [-0.39, 0.29) is 11.8 Å². The van der Waals surface area contributed by atoms with Gasteiger partial charge in [-0.25, -0.2) is 4.68 Å². The molecule has 4 heteroatoms. The summed E-state index contributed by atoms with van der Waals surface area (Å²) in [4.78, 5) is 12.4. The first-order valence-corrected chi connectivity index (χ1v) is 8.00. The Morgan fingerprint density at radius 1 is 1.14 bits per heavy atom. The van der Waals surface area contributed by atoms with Gasteiger partial charge in [-0.3, -0.25) is 4.79 Å². The molecule has 1 aromatic heterocycles. The van der Waals surface area contributed by atoms with Crippen molar-refractivity contribution >= 4 is 11.6 Å². The first kappa shape index (κ1) is 14.8. The Bertz CT molecular complexity index is 679. The Morgan fingerprint density at radius 2 is 1.77 bits per heavy atom. The number of carbonyl (C=O) groups excluding carboxylic acids is 1. The van der Waals surface area contributed by atoms with Crippen LogP contribution in [0.2, 0.25) is 0 Å². The van der Waals surface area contributed by atoms with Gasteiger partial charge < -0.3 is 5.32 Å². The number of aromatic nitrogens is 2. The van der Waals surface area contributed by atoms with Crippen LogP contribution in [0.5, 0.6) is 0 Å². The molecule has 1 saturated carbocycles. The molecular formula is C18H23N3O. The predicted octanol–water partition coefficient (Wildman–Crippen LogP) is 3.93. The van der Waals surface area contributed by atoms with Crippen LogP contribution in [0.15, 0.2) is 24.3 Å². The molecular weight excluding hydrogens is 274 g/mol. The van der Waals surface area contributed by atoms with E-state index in [1.165, 1.54) is 18.4 Å². The van der Waals surface area contributed by atoms with E-state index in [9.17, 15) is 4.79 Å². The second-order valence-electron chi connectivity index (χ2n) is 6.26. The summed E-state index contributed by atoms with van der Waals surface area (Å²) in [7, 11) is 0. The monoisotopic (exact) mass is 297 g/mol. The van der Waals surface area contributed by atoms with Crippen molar-refractivity contribution in [1.82, 2.24) is 9.78 Å². The number of carbonyl (C=O) groups is 1. The van der Waals surface area contributed by atoms with Gasteiger partial charge in [0.15, 0.2) is 0 Å². The molecule has 0 saturated heterocycles. The third kappa shape index (κ3) is 2.78. The summed E-state index contributed by atoms with van der Waals surface area (Å²) in [6.07, 6.45) is 4.35. The molecule has 1 fully saturated rings. The third-order valence-electron chi connectivity index (χ3n) is 4.54. The van der Waals surface area contributed by atoms with Gasteiger partial charge in [0.2, 0.25) is 5.91 Å². The minimum atomic E-state index is 0.146. The number of nitrogens with one attached hydrogen (secondary N) is 1. The SMILES string of the molecule is Cc1ccc(-n2nc(C)c(NC(=O)C3CCCC3)c2C)cc1. The highest BCUT2D eigenvalue weighted by molar-refractivity contribution is 5.93. The second kappa shape index (κ2) is 5.95. The van der Waals surface area contributed by atoms with Crippen LogP contribution in [0.25, 0.3) is 5.69 Å². The van der Waals surface area contributed by atoms with Crippen molar-refractivity contribution in [2.45, 2.75) is 46.5 Å². The Morgan fingerprint density at radius 3 is 2.41 bits per heavy atom. The van der Waals surface area contributed by atoms with Crippen LogP contribution in [0.4, 0.5) is 5.69 Å². The molecule has 2 aromatic rings. The molecule has 22 heavy (non-hydrogen) atoms. The summed E-state index contributed by atoms with van der Waals surface area (Å²) >= 11 is 0. The lowest BCUT2D eigenvalue weighted by Crippen LogP contribution is -2.21. The fourth-order valence-electron chi connectivity index (χ4n) is 3.17. The van der Waals surface area contributed by atoms with Crippen molar-refractivity contribution in [2.24, 2.45) is 5.92 Å². The van der Waals surface area contributed by atoms with Crippen LogP contribution in [-0.2, 0) is 4.79 Å². The van der Waals surface area contributed by atoms with E-state index >= 15 is 0 Å². The number of aryl methyl sites for hydroxylation is 2. The normalized spacial score (nSPS) is 15.2. The Kier molecular flexibility index (Phi) is 4.01. The number of hydrogen-bond acceptors (Lipinski definition) is 2. The lowest BCUT2D eigenvalue weighted by Gasteiger charge is -2.11. The molecule has 0 aliphatic heterocycles. The molecule has 1 amide bonds. The summed E-state index contributed by atoms with van der Waals surface area (Å²) in [6.45, 7) is 6.02. The van der Waals surface area contributed by atoms with Crippen LogP contribution < -0.4 is 5.32 Å². The van der Waals surface area contributed by atoms with E-state index in [4.69, 9.17) is 0 Å². The highest BCUT2D eigenvalue weighted by Crippen LogP contribution is 2.28. The van der Waals surface area contributed by atoms with E-state index < -0.39 is 0 Å². The van der Waals surface area contributed by atoms with Gasteiger partial charge in [0.1, 0.15) is 0 Å². The van der Waals surface area contributed by atoms with Gasteiger partial charge in [0, 0.05) is 5.92 Å². The Balaban J connectivity index is 1.86. The van der Waals surface area contributed by atoms with Crippen molar-refractivity contribution in [2.75, 3.05) is 5.32 Å². The van der Waals surface area contributed by atoms with Crippen LogP contribution in [-0.4, -0.2) is 15.7 Å². The van der Waals surface area contributed by atoms with Crippen molar-refractivity contribution < 1.29 is 4.79 Å². The van der Waals surface area contributed by atoms with Crippen molar-refractivity contribution in [3.63, 3.8) is 0 Å². The summed E-state index contributed by atoms with van der Waals surface area (Å²) in [6, 6.07) is 8.25. The fourth-order valence-corrected chi connectivity index (χ4v) is 3.17. The van der Waals surface area contributed by atoms with Crippen LogP contribution in [0.3, 0.4) is 0 Å². The lowest BCUT2D eigenvalue weighted by molar-refractivity contribution is -0.119. The molecule has 1 N–H and O–H groups in total. The molecule has 3 rings (SSSR count). The van der Waals surface area contributed by atoms with Crippen molar-refractivity contribution in [1.29, 1.82) is 0 Å². The van der Waals surface area contributed by atoms with Gasteiger partial charge in [-0.2, -0.15) is 5.10 Å². The molecule has 4 nitrogen and oxygen atoms in total. The van der Waals surface area contributed by atoms with Crippen LogP contribution in [0.1, 0.15) is 42.6 Å². The van der Waals surface area contributed by atoms with Crippen molar-refractivity contribution in [3.05, 3.63) is 41.2 Å². The van der Waals surface area contributed by atoms with E-state index in [0.29, 0.717) is 0 Å². The quantitative estimate of drug-likeness (QED) is 0.933. The Hall–Kier alpha value is -2.10. The number of benzene rings is 1. The molecule has 1 aromatic carbocycles. The minimum absolute atomic E-state index is 0.146. The van der Waals surface area contributed by atoms with Gasteiger partial charge in [0.25, 0.3) is 0 Å². The Labute approximate surface area is 131 Å². The number of nitrogens with zero attached hydrogens (tertiary/aromatic N) is 2. The molecule has 116 valence electrons. The van der Waals surface area contributed by atoms with Gasteiger partial charge in [-0.1, -0.05) is 30.5 Å². The molecule has 0 atom stereocenters. The summed E-state index contributed by atoms with van der Waals surface area (Å²) < 4.78 is 1.90. The average molecular weight is 297 g/mol. The summed E-state index contributed by atoms with van der Waals surface area (Å²) in [5.41, 5.74) is 4.95. The van der Waals surface area contributed by atoms with Gasteiger partial charge in [0.05, 0.1) is 22.8 Å². The molecule has 0 radical (unpaired) electrons. The van der Waals surface area contributed by atoms with Crippen molar-refractivity contribution in [3.8, 4) is 5.69 Å². The van der Waals surface area contributed by atoms with E-state index in [0.717, 1.165) is 35.6 Å². The summed E-state index contributed by atoms with van der Waals surface area (Å²) in [5, 5.41) is 7.69. The van der Waals surface area contributed by atoms with Gasteiger partial charge >= 0.3 is 0 Å². The number of anilines is 1. The zero-order valence-corrected chi connectivity index (χ0v) is 13.5. The van der Waals surface area contributed by atoms with E-state index in [1.54, 1.807) is 0 Å². The zero-order chi connectivity index (χ0) is 15.7. The topological polar surface area (TPSA) is 46.9 Å². The highest BCUT2D eigenvalue weighted by atomic mass is 16.1. The maximum absolute atomic E-state index is 12.4. The lowest BCUT2D eigenvalue weighted by atomic mass is 10.1. The zero-order valence-electron chi connectivity index (χ0n) is 13.5. The number of hydrogen-bond donors (Lipinski definition) is 1. The molecule has 0 unspecified atom stereocenters. The second-order valence-corrected chi connectivity index (χ2v) is 6.26. The molecule has 1 heterocycles. The van der Waals surface area contributed by atoms with Crippen LogP contribution >= 0.6 is 0 Å². The largest absolute Gasteiger partial charge is 0.323 e. The minimum Gasteiger partial charge on any atom is -0.323 e. The smallest absolute Gasteiger partial charge is 0.227 e. The maximum Gasteiger partial charge on any atom is 0.227 e. The number of amides is 1. The molecule has 0 spiro atoms. The first-order chi connectivity index (χ1) is 10.6. The standard InChI is InChI=1S/C18H23N3O/c1-12-8-10-16(11-9-12)21-14(3)17(13(2)20-21)19-18(22)15-6-4-5-7-15/h8-11,15H,4-7H2,1-3H3,(H,19,22). The first-order valence-electron chi connectivity index (χ1n) is 8.00. The number of rotatable bonds is 3. The van der Waals surface area contributed by atoms with Gasteiger partial charge in [-0.15, -0.1) is 0 Å². The third-order valence-corrected chi connectivity index (χ3v) is 4.54. The van der Waals surface area contributed by atoms with E-state index in [1.807, 2.05) is 18.5 Å². The van der Waals surface area contributed by atoms with Crippen LogP contribution in [0, 0.1) is 26.7 Å². The van der Waals surface area contributed by atoms with Gasteiger partial charge in [-0.05, 0) is 45.7 Å².